The average molecular weight is 234 g/mol. The van der Waals surface area contributed by atoms with E-state index in [1.165, 1.54) is 11.1 Å². The summed E-state index contributed by atoms with van der Waals surface area (Å²) in [6.07, 6.45) is 0. The van der Waals surface area contributed by atoms with E-state index in [1.807, 2.05) is 0 Å². The summed E-state index contributed by atoms with van der Waals surface area (Å²) in [7, 11) is 2.18. The fourth-order valence-electron chi connectivity index (χ4n) is 2.24. The number of rotatable bonds is 3. The Bertz CT molecular complexity index is 430. The average Bonchev–Trinajstić information content (AvgIpc) is 2.62. The number of hydrogen-bond acceptors (Lipinski definition) is 4. The molecule has 1 saturated heterocycles. The van der Waals surface area contributed by atoms with Crippen LogP contribution in [-0.4, -0.2) is 37.9 Å². The summed E-state index contributed by atoms with van der Waals surface area (Å²) in [4.78, 5) is 2.39. The standard InChI is InChI=1S/C13H18N2O2/c1-9-3-12-13(17-8-16-12)4-10(9)7-15(2)11-5-14-6-11/h3-4,11,14H,5-8H2,1-2H3. The lowest BCUT2D eigenvalue weighted by molar-refractivity contribution is 0.171. The maximum absolute atomic E-state index is 5.42. The van der Waals surface area contributed by atoms with Crippen molar-refractivity contribution in [3.63, 3.8) is 0 Å². The third-order valence-electron chi connectivity index (χ3n) is 3.63. The number of likely N-dealkylation sites (N-methyl/N-ethyl adjacent to an activating group) is 1. The molecule has 1 N–H and O–H groups in total. The van der Waals surface area contributed by atoms with Crippen LogP contribution < -0.4 is 14.8 Å². The molecule has 4 nitrogen and oxygen atoms in total. The molecule has 1 fully saturated rings. The van der Waals surface area contributed by atoms with Gasteiger partial charge >= 0.3 is 0 Å². The van der Waals surface area contributed by atoms with Gasteiger partial charge in [-0.05, 0) is 37.2 Å². The number of fused-ring (bicyclic) bond motifs is 1. The minimum Gasteiger partial charge on any atom is -0.454 e. The molecule has 0 amide bonds. The molecule has 92 valence electrons. The summed E-state index contributed by atoms with van der Waals surface area (Å²) < 4.78 is 10.8. The van der Waals surface area contributed by atoms with Crippen molar-refractivity contribution in [2.75, 3.05) is 26.9 Å². The predicted octanol–water partition coefficient (Wildman–Crippen LogP) is 1.13. The van der Waals surface area contributed by atoms with E-state index in [0.717, 1.165) is 31.1 Å². The summed E-state index contributed by atoms with van der Waals surface area (Å²) >= 11 is 0. The molecule has 0 atom stereocenters. The number of hydrogen-bond donors (Lipinski definition) is 1. The van der Waals surface area contributed by atoms with Gasteiger partial charge in [-0.15, -0.1) is 0 Å². The fourth-order valence-corrected chi connectivity index (χ4v) is 2.24. The Hall–Kier alpha value is -1.26. The van der Waals surface area contributed by atoms with E-state index in [4.69, 9.17) is 9.47 Å². The number of nitrogens with one attached hydrogen (secondary N) is 1. The second kappa shape index (κ2) is 4.20. The van der Waals surface area contributed by atoms with Gasteiger partial charge in [-0.2, -0.15) is 0 Å². The van der Waals surface area contributed by atoms with Crippen LogP contribution in [0.2, 0.25) is 0 Å². The fraction of sp³-hybridized carbons (Fsp3) is 0.538. The first-order valence-corrected chi connectivity index (χ1v) is 6.04. The summed E-state index contributed by atoms with van der Waals surface area (Å²) in [5, 5.41) is 3.30. The molecule has 0 saturated carbocycles. The quantitative estimate of drug-likeness (QED) is 0.850. The van der Waals surface area contributed by atoms with E-state index in [-0.39, 0.29) is 0 Å². The molecule has 0 bridgehead atoms. The van der Waals surface area contributed by atoms with Crippen LogP contribution in [-0.2, 0) is 6.54 Å². The Balaban J connectivity index is 1.78. The molecule has 0 aliphatic carbocycles. The third kappa shape index (κ3) is 1.98. The summed E-state index contributed by atoms with van der Waals surface area (Å²) in [6.45, 7) is 5.64. The molecule has 2 heterocycles. The van der Waals surface area contributed by atoms with Crippen molar-refractivity contribution in [1.29, 1.82) is 0 Å². The molecule has 0 unspecified atom stereocenters. The maximum atomic E-state index is 5.42. The number of benzene rings is 1. The highest BCUT2D eigenvalue weighted by Crippen LogP contribution is 2.35. The molecule has 4 heteroatoms. The highest BCUT2D eigenvalue weighted by molar-refractivity contribution is 5.48. The van der Waals surface area contributed by atoms with Gasteiger partial charge in [0.1, 0.15) is 0 Å². The van der Waals surface area contributed by atoms with Crippen molar-refractivity contribution in [2.45, 2.75) is 19.5 Å². The van der Waals surface area contributed by atoms with Gasteiger partial charge in [-0.3, -0.25) is 4.90 Å². The SMILES string of the molecule is Cc1cc2c(cc1CN(C)C1CNC1)OCO2. The lowest BCUT2D eigenvalue weighted by atomic mass is 10.1. The van der Waals surface area contributed by atoms with Gasteiger partial charge in [0, 0.05) is 25.7 Å². The highest BCUT2D eigenvalue weighted by Gasteiger charge is 2.23. The lowest BCUT2D eigenvalue weighted by Gasteiger charge is -2.35. The van der Waals surface area contributed by atoms with Gasteiger partial charge in [0.05, 0.1) is 0 Å². The van der Waals surface area contributed by atoms with Crippen LogP contribution in [0.3, 0.4) is 0 Å². The molecule has 2 aliphatic rings. The van der Waals surface area contributed by atoms with Crippen molar-refractivity contribution in [3.8, 4) is 11.5 Å². The summed E-state index contributed by atoms with van der Waals surface area (Å²) in [6, 6.07) is 4.85. The molecule has 17 heavy (non-hydrogen) atoms. The van der Waals surface area contributed by atoms with Gasteiger partial charge in [0.25, 0.3) is 0 Å². The summed E-state index contributed by atoms with van der Waals surface area (Å²) in [5.74, 6) is 1.75. The largest absolute Gasteiger partial charge is 0.454 e. The first-order chi connectivity index (χ1) is 8.24. The normalized spacial score (nSPS) is 18.5. The van der Waals surface area contributed by atoms with Crippen LogP contribution in [0.15, 0.2) is 12.1 Å². The molecular weight excluding hydrogens is 216 g/mol. The number of ether oxygens (including phenoxy) is 2. The van der Waals surface area contributed by atoms with E-state index < -0.39 is 0 Å². The van der Waals surface area contributed by atoms with Crippen molar-refractivity contribution in [1.82, 2.24) is 10.2 Å². The molecule has 1 aromatic rings. The molecular formula is C13H18N2O2. The zero-order valence-corrected chi connectivity index (χ0v) is 10.3. The van der Waals surface area contributed by atoms with E-state index in [0.29, 0.717) is 12.8 Å². The van der Waals surface area contributed by atoms with Crippen LogP contribution >= 0.6 is 0 Å². The molecule has 0 aromatic heterocycles. The van der Waals surface area contributed by atoms with Crippen LogP contribution in [0.4, 0.5) is 0 Å². The van der Waals surface area contributed by atoms with Crippen molar-refractivity contribution < 1.29 is 9.47 Å². The smallest absolute Gasteiger partial charge is 0.231 e. The molecule has 3 rings (SSSR count). The zero-order valence-electron chi connectivity index (χ0n) is 10.3. The van der Waals surface area contributed by atoms with Crippen molar-refractivity contribution >= 4 is 0 Å². The van der Waals surface area contributed by atoms with Crippen LogP contribution in [0.25, 0.3) is 0 Å². The Morgan fingerprint density at radius 1 is 1.29 bits per heavy atom. The number of nitrogens with zero attached hydrogens (tertiary/aromatic N) is 1. The minimum atomic E-state index is 0.348. The van der Waals surface area contributed by atoms with E-state index in [2.05, 4.69) is 36.3 Å². The second-order valence-corrected chi connectivity index (χ2v) is 4.86. The van der Waals surface area contributed by atoms with E-state index in [1.54, 1.807) is 0 Å². The Morgan fingerprint density at radius 3 is 2.65 bits per heavy atom. The predicted molar refractivity (Wildman–Crippen MR) is 65.4 cm³/mol. The lowest BCUT2D eigenvalue weighted by Crippen LogP contribution is -2.55. The first kappa shape index (κ1) is 10.9. The van der Waals surface area contributed by atoms with Gasteiger partial charge in [-0.25, -0.2) is 0 Å². The van der Waals surface area contributed by atoms with Crippen LogP contribution in [0.1, 0.15) is 11.1 Å². The highest BCUT2D eigenvalue weighted by atomic mass is 16.7. The molecule has 1 aromatic carbocycles. The van der Waals surface area contributed by atoms with Crippen LogP contribution in [0.5, 0.6) is 11.5 Å². The molecule has 0 spiro atoms. The molecule has 0 radical (unpaired) electrons. The first-order valence-electron chi connectivity index (χ1n) is 6.04. The van der Waals surface area contributed by atoms with Gasteiger partial charge in [-0.1, -0.05) is 0 Å². The van der Waals surface area contributed by atoms with Gasteiger partial charge in [0.2, 0.25) is 6.79 Å². The zero-order chi connectivity index (χ0) is 11.8. The Kier molecular flexibility index (Phi) is 2.68. The van der Waals surface area contributed by atoms with Gasteiger partial charge in [0.15, 0.2) is 11.5 Å². The second-order valence-electron chi connectivity index (χ2n) is 4.86. The minimum absolute atomic E-state index is 0.348. The monoisotopic (exact) mass is 234 g/mol. The Labute approximate surface area is 102 Å². The summed E-state index contributed by atoms with van der Waals surface area (Å²) in [5.41, 5.74) is 2.59. The number of aryl methyl sites for hydroxylation is 1. The third-order valence-corrected chi connectivity index (χ3v) is 3.63. The van der Waals surface area contributed by atoms with E-state index >= 15 is 0 Å². The van der Waals surface area contributed by atoms with Gasteiger partial charge < -0.3 is 14.8 Å². The maximum Gasteiger partial charge on any atom is 0.231 e. The van der Waals surface area contributed by atoms with Crippen molar-refractivity contribution in [3.05, 3.63) is 23.3 Å². The topological polar surface area (TPSA) is 33.7 Å². The van der Waals surface area contributed by atoms with E-state index in [9.17, 15) is 0 Å². The van der Waals surface area contributed by atoms with Crippen LogP contribution in [0, 0.1) is 6.92 Å². The Morgan fingerprint density at radius 2 is 2.00 bits per heavy atom. The van der Waals surface area contributed by atoms with Crippen molar-refractivity contribution in [2.24, 2.45) is 0 Å². The molecule has 2 aliphatic heterocycles.